The van der Waals surface area contributed by atoms with Gasteiger partial charge < -0.3 is 9.09 Å². The molecule has 3 aromatic rings. The number of rotatable bonds is 4. The molecule has 0 radical (unpaired) electrons. The van der Waals surface area contributed by atoms with Crippen LogP contribution in [0.4, 0.5) is 0 Å². The van der Waals surface area contributed by atoms with E-state index in [-0.39, 0.29) is 0 Å². The zero-order valence-electron chi connectivity index (χ0n) is 12.1. The molecule has 1 aliphatic rings. The summed E-state index contributed by atoms with van der Waals surface area (Å²) in [5.74, 6) is 3.09. The summed E-state index contributed by atoms with van der Waals surface area (Å²) in [6.45, 7) is 2.74. The third-order valence-corrected chi connectivity index (χ3v) is 4.29. The van der Waals surface area contributed by atoms with E-state index >= 15 is 0 Å². The SMILES string of the molecule is CCc1nc2ccccc2n1Cc1noc(C2CCC2)n1. The van der Waals surface area contributed by atoms with E-state index in [0.29, 0.717) is 12.5 Å². The van der Waals surface area contributed by atoms with Gasteiger partial charge in [-0.15, -0.1) is 0 Å². The largest absolute Gasteiger partial charge is 0.339 e. The van der Waals surface area contributed by atoms with Gasteiger partial charge in [0.15, 0.2) is 5.82 Å². The fourth-order valence-corrected chi connectivity index (χ4v) is 2.87. The van der Waals surface area contributed by atoms with E-state index in [4.69, 9.17) is 4.52 Å². The van der Waals surface area contributed by atoms with Crippen LogP contribution in [0.25, 0.3) is 11.0 Å². The van der Waals surface area contributed by atoms with Gasteiger partial charge in [-0.1, -0.05) is 30.6 Å². The lowest BCUT2D eigenvalue weighted by Crippen LogP contribution is -2.10. The second kappa shape index (κ2) is 4.98. The maximum Gasteiger partial charge on any atom is 0.229 e. The minimum Gasteiger partial charge on any atom is -0.339 e. The van der Waals surface area contributed by atoms with Crippen LogP contribution in [0.15, 0.2) is 28.8 Å². The van der Waals surface area contributed by atoms with Crippen LogP contribution in [0.2, 0.25) is 0 Å². The highest BCUT2D eigenvalue weighted by molar-refractivity contribution is 5.75. The van der Waals surface area contributed by atoms with Gasteiger partial charge in [0.1, 0.15) is 5.82 Å². The number of nitrogens with zero attached hydrogens (tertiary/aromatic N) is 4. The van der Waals surface area contributed by atoms with Gasteiger partial charge in [0.25, 0.3) is 0 Å². The zero-order valence-corrected chi connectivity index (χ0v) is 12.1. The van der Waals surface area contributed by atoms with Crippen molar-refractivity contribution in [1.82, 2.24) is 19.7 Å². The summed E-state index contributed by atoms with van der Waals surface area (Å²) in [7, 11) is 0. The predicted molar refractivity (Wildman–Crippen MR) is 79.1 cm³/mol. The van der Waals surface area contributed by atoms with Crippen LogP contribution in [-0.2, 0) is 13.0 Å². The van der Waals surface area contributed by atoms with Crippen molar-refractivity contribution in [1.29, 1.82) is 0 Å². The highest BCUT2D eigenvalue weighted by atomic mass is 16.5. The lowest BCUT2D eigenvalue weighted by Gasteiger charge is -2.20. The monoisotopic (exact) mass is 282 g/mol. The Morgan fingerprint density at radius 3 is 2.86 bits per heavy atom. The Morgan fingerprint density at radius 1 is 1.24 bits per heavy atom. The Morgan fingerprint density at radius 2 is 2.10 bits per heavy atom. The van der Waals surface area contributed by atoms with Gasteiger partial charge in [0, 0.05) is 12.3 Å². The number of hydrogen-bond acceptors (Lipinski definition) is 4. The smallest absolute Gasteiger partial charge is 0.229 e. The molecule has 108 valence electrons. The minimum absolute atomic E-state index is 0.483. The molecule has 0 aliphatic heterocycles. The molecule has 5 nitrogen and oxygen atoms in total. The number of hydrogen-bond donors (Lipinski definition) is 0. The number of fused-ring (bicyclic) bond motifs is 1. The summed E-state index contributed by atoms with van der Waals surface area (Å²) in [5.41, 5.74) is 2.15. The van der Waals surface area contributed by atoms with Crippen molar-refractivity contribution in [3.63, 3.8) is 0 Å². The number of aryl methyl sites for hydroxylation is 1. The molecule has 4 rings (SSSR count). The summed E-state index contributed by atoms with van der Waals surface area (Å²) >= 11 is 0. The van der Waals surface area contributed by atoms with Crippen LogP contribution in [0.3, 0.4) is 0 Å². The topological polar surface area (TPSA) is 56.7 Å². The van der Waals surface area contributed by atoms with Crippen molar-refractivity contribution in [2.45, 2.75) is 45.1 Å². The Hall–Kier alpha value is -2.17. The highest BCUT2D eigenvalue weighted by Crippen LogP contribution is 2.35. The van der Waals surface area contributed by atoms with Gasteiger partial charge in [-0.2, -0.15) is 4.98 Å². The van der Waals surface area contributed by atoms with Gasteiger partial charge in [-0.05, 0) is 25.0 Å². The molecule has 2 heterocycles. The Kier molecular flexibility index (Phi) is 2.98. The van der Waals surface area contributed by atoms with Gasteiger partial charge >= 0.3 is 0 Å². The summed E-state index contributed by atoms with van der Waals surface area (Å²) in [6.07, 6.45) is 4.52. The maximum absolute atomic E-state index is 5.41. The third kappa shape index (κ3) is 2.13. The molecule has 2 aromatic heterocycles. The van der Waals surface area contributed by atoms with Crippen LogP contribution in [0.1, 0.15) is 49.6 Å². The summed E-state index contributed by atoms with van der Waals surface area (Å²) in [5, 5.41) is 4.14. The van der Waals surface area contributed by atoms with Gasteiger partial charge in [-0.25, -0.2) is 4.98 Å². The first kappa shape index (κ1) is 12.6. The number of imidazole rings is 1. The molecule has 0 saturated heterocycles. The van der Waals surface area contributed by atoms with Crippen molar-refractivity contribution in [3.8, 4) is 0 Å². The zero-order chi connectivity index (χ0) is 14.2. The van der Waals surface area contributed by atoms with Crippen molar-refractivity contribution in [2.75, 3.05) is 0 Å². The molecule has 0 amide bonds. The molecule has 0 bridgehead atoms. The molecule has 0 N–H and O–H groups in total. The van der Waals surface area contributed by atoms with E-state index in [1.54, 1.807) is 0 Å². The van der Waals surface area contributed by atoms with Gasteiger partial charge in [0.05, 0.1) is 17.6 Å². The van der Waals surface area contributed by atoms with Crippen LogP contribution >= 0.6 is 0 Å². The molecule has 0 spiro atoms. The lowest BCUT2D eigenvalue weighted by molar-refractivity contribution is 0.291. The standard InChI is InChI=1S/C16H18N4O/c1-2-15-17-12-8-3-4-9-13(12)20(15)10-14-18-16(21-19-14)11-6-5-7-11/h3-4,8-9,11H,2,5-7,10H2,1H3. The number of aromatic nitrogens is 4. The molecule has 5 heteroatoms. The van der Waals surface area contributed by atoms with Crippen molar-refractivity contribution >= 4 is 11.0 Å². The first-order valence-electron chi connectivity index (χ1n) is 7.61. The van der Waals surface area contributed by atoms with Gasteiger partial charge in [-0.3, -0.25) is 0 Å². The Labute approximate surface area is 123 Å². The third-order valence-electron chi connectivity index (χ3n) is 4.29. The van der Waals surface area contributed by atoms with E-state index in [1.165, 1.54) is 19.3 Å². The average Bonchev–Trinajstić information content (AvgIpc) is 3.03. The maximum atomic E-state index is 5.41. The van der Waals surface area contributed by atoms with Crippen molar-refractivity contribution < 1.29 is 4.52 Å². The molecule has 0 unspecified atom stereocenters. The molecule has 21 heavy (non-hydrogen) atoms. The van der Waals surface area contributed by atoms with Crippen LogP contribution in [0.5, 0.6) is 0 Å². The minimum atomic E-state index is 0.483. The van der Waals surface area contributed by atoms with E-state index < -0.39 is 0 Å². The second-order valence-electron chi connectivity index (χ2n) is 5.63. The Bertz CT molecular complexity index is 770. The molecule has 1 fully saturated rings. The van der Waals surface area contributed by atoms with E-state index in [9.17, 15) is 0 Å². The molecule has 0 atom stereocenters. The Balaban J connectivity index is 1.68. The summed E-state index contributed by atoms with van der Waals surface area (Å²) in [6, 6.07) is 8.19. The molecular formula is C16H18N4O. The van der Waals surface area contributed by atoms with Crippen LogP contribution < -0.4 is 0 Å². The van der Waals surface area contributed by atoms with E-state index in [2.05, 4.69) is 32.7 Å². The van der Waals surface area contributed by atoms with E-state index in [0.717, 1.165) is 35.0 Å². The average molecular weight is 282 g/mol. The van der Waals surface area contributed by atoms with Gasteiger partial charge in [0.2, 0.25) is 5.89 Å². The quantitative estimate of drug-likeness (QED) is 0.736. The molecule has 1 aliphatic carbocycles. The molecule has 1 saturated carbocycles. The molecule has 1 aromatic carbocycles. The van der Waals surface area contributed by atoms with Crippen LogP contribution in [-0.4, -0.2) is 19.7 Å². The highest BCUT2D eigenvalue weighted by Gasteiger charge is 2.25. The summed E-state index contributed by atoms with van der Waals surface area (Å²) in [4.78, 5) is 9.24. The second-order valence-corrected chi connectivity index (χ2v) is 5.63. The number of benzene rings is 1. The summed E-state index contributed by atoms with van der Waals surface area (Å²) < 4.78 is 7.59. The normalized spacial score (nSPS) is 15.5. The fourth-order valence-electron chi connectivity index (χ4n) is 2.87. The fraction of sp³-hybridized carbons (Fsp3) is 0.438. The van der Waals surface area contributed by atoms with Crippen LogP contribution in [0, 0.1) is 0 Å². The van der Waals surface area contributed by atoms with Crippen molar-refractivity contribution in [2.24, 2.45) is 0 Å². The van der Waals surface area contributed by atoms with E-state index in [1.807, 2.05) is 18.2 Å². The predicted octanol–water partition coefficient (Wildman–Crippen LogP) is 3.30. The number of para-hydroxylation sites is 2. The van der Waals surface area contributed by atoms with Crippen molar-refractivity contribution in [3.05, 3.63) is 41.8 Å². The first-order valence-corrected chi connectivity index (χ1v) is 7.61. The first-order chi connectivity index (χ1) is 10.3. The lowest BCUT2D eigenvalue weighted by atomic mass is 9.85. The molecular weight excluding hydrogens is 264 g/mol.